The topological polar surface area (TPSA) is 49.3 Å². The van der Waals surface area contributed by atoms with E-state index in [1.165, 1.54) is 0 Å². The van der Waals surface area contributed by atoms with E-state index in [4.69, 9.17) is 11.6 Å². The van der Waals surface area contributed by atoms with Crippen LogP contribution in [0.1, 0.15) is 27.0 Å². The number of aryl methyl sites for hydroxylation is 3. The second-order valence-electron chi connectivity index (χ2n) is 4.92. The average Bonchev–Trinajstić information content (AvgIpc) is 2.34. The lowest BCUT2D eigenvalue weighted by Gasteiger charge is -2.11. The van der Waals surface area contributed by atoms with Crippen LogP contribution in [0.3, 0.4) is 0 Å². The average molecular weight is 290 g/mol. The number of hydrogen-bond acceptors (Lipinski definition) is 2. The molecule has 0 atom stereocenters. The van der Waals surface area contributed by atoms with Crippen LogP contribution in [-0.4, -0.2) is 11.0 Å². The summed E-state index contributed by atoms with van der Waals surface area (Å²) in [6.07, 6.45) is 0. The quantitative estimate of drug-likeness (QED) is 0.813. The number of rotatable bonds is 2. The molecule has 0 bridgehead atoms. The molecule has 0 aliphatic carbocycles. The first-order valence-electron chi connectivity index (χ1n) is 6.25. The summed E-state index contributed by atoms with van der Waals surface area (Å²) in [5, 5.41) is 13.0. The van der Waals surface area contributed by atoms with Crippen LogP contribution in [0.25, 0.3) is 0 Å². The zero-order valence-electron chi connectivity index (χ0n) is 11.6. The number of halogens is 1. The maximum absolute atomic E-state index is 12.2. The highest BCUT2D eigenvalue weighted by Gasteiger charge is 2.10. The highest BCUT2D eigenvalue weighted by atomic mass is 35.5. The van der Waals surface area contributed by atoms with Crippen LogP contribution in [0.5, 0.6) is 5.75 Å². The maximum atomic E-state index is 12.2. The van der Waals surface area contributed by atoms with E-state index in [-0.39, 0.29) is 11.7 Å². The van der Waals surface area contributed by atoms with E-state index < -0.39 is 0 Å². The van der Waals surface area contributed by atoms with E-state index in [0.717, 1.165) is 11.1 Å². The Morgan fingerprint density at radius 1 is 1.05 bits per heavy atom. The number of benzene rings is 2. The molecule has 0 fully saturated rings. The molecule has 0 spiro atoms. The van der Waals surface area contributed by atoms with Gasteiger partial charge in [-0.1, -0.05) is 11.6 Å². The molecule has 3 nitrogen and oxygen atoms in total. The molecule has 2 aromatic rings. The van der Waals surface area contributed by atoms with Crippen molar-refractivity contribution < 1.29 is 9.90 Å². The Morgan fingerprint density at radius 2 is 1.75 bits per heavy atom. The number of carbonyl (C=O) groups is 1. The number of hydrogen-bond donors (Lipinski definition) is 2. The Balaban J connectivity index is 2.30. The van der Waals surface area contributed by atoms with Crippen molar-refractivity contribution in [2.45, 2.75) is 20.8 Å². The van der Waals surface area contributed by atoms with Gasteiger partial charge in [-0.3, -0.25) is 4.79 Å². The van der Waals surface area contributed by atoms with Gasteiger partial charge in [-0.15, -0.1) is 0 Å². The molecule has 2 aromatic carbocycles. The van der Waals surface area contributed by atoms with Crippen LogP contribution in [0.2, 0.25) is 5.02 Å². The van der Waals surface area contributed by atoms with Crippen molar-refractivity contribution in [1.29, 1.82) is 0 Å². The summed E-state index contributed by atoms with van der Waals surface area (Å²) in [4.78, 5) is 12.2. The van der Waals surface area contributed by atoms with Crippen LogP contribution < -0.4 is 5.32 Å². The summed E-state index contributed by atoms with van der Waals surface area (Å²) in [6, 6.07) is 8.60. The van der Waals surface area contributed by atoms with E-state index in [2.05, 4.69) is 5.32 Å². The Labute approximate surface area is 123 Å². The highest BCUT2D eigenvalue weighted by molar-refractivity contribution is 6.31. The van der Waals surface area contributed by atoms with Crippen molar-refractivity contribution in [3.8, 4) is 5.75 Å². The molecule has 0 saturated heterocycles. The molecule has 0 unspecified atom stereocenters. The summed E-state index contributed by atoms with van der Waals surface area (Å²) < 4.78 is 0. The molecule has 1 amide bonds. The molecule has 2 rings (SSSR count). The minimum absolute atomic E-state index is 0.219. The van der Waals surface area contributed by atoms with Crippen molar-refractivity contribution in [1.82, 2.24) is 0 Å². The second kappa shape index (κ2) is 5.55. The molecule has 0 saturated carbocycles. The van der Waals surface area contributed by atoms with Gasteiger partial charge in [0, 0.05) is 16.3 Å². The van der Waals surface area contributed by atoms with Gasteiger partial charge in [0.15, 0.2) is 0 Å². The number of carbonyl (C=O) groups excluding carboxylic acids is 1. The van der Waals surface area contributed by atoms with Gasteiger partial charge in [-0.2, -0.15) is 0 Å². The van der Waals surface area contributed by atoms with E-state index in [1.807, 2.05) is 13.8 Å². The first-order valence-corrected chi connectivity index (χ1v) is 6.63. The summed E-state index contributed by atoms with van der Waals surface area (Å²) in [7, 11) is 0. The summed E-state index contributed by atoms with van der Waals surface area (Å²) in [5.41, 5.74) is 3.65. The van der Waals surface area contributed by atoms with Crippen LogP contribution in [0.4, 0.5) is 5.69 Å². The normalized spacial score (nSPS) is 10.4. The molecule has 2 N–H and O–H groups in total. The third-order valence-electron chi connectivity index (χ3n) is 3.10. The lowest BCUT2D eigenvalue weighted by Crippen LogP contribution is -2.13. The molecule has 0 aromatic heterocycles. The van der Waals surface area contributed by atoms with E-state index in [0.29, 0.717) is 21.8 Å². The molecular formula is C16H16ClNO2. The fourth-order valence-electron chi connectivity index (χ4n) is 2.00. The Bertz CT molecular complexity index is 660. The Kier molecular flexibility index (Phi) is 4.00. The third kappa shape index (κ3) is 3.11. The fourth-order valence-corrected chi connectivity index (χ4v) is 2.29. The zero-order chi connectivity index (χ0) is 14.9. The maximum Gasteiger partial charge on any atom is 0.255 e. The van der Waals surface area contributed by atoms with Crippen LogP contribution in [0, 0.1) is 20.8 Å². The first kappa shape index (κ1) is 14.4. The van der Waals surface area contributed by atoms with Crippen molar-refractivity contribution in [3.63, 3.8) is 0 Å². The van der Waals surface area contributed by atoms with Gasteiger partial charge in [0.2, 0.25) is 0 Å². The lowest BCUT2D eigenvalue weighted by molar-refractivity contribution is 0.102. The smallest absolute Gasteiger partial charge is 0.255 e. The van der Waals surface area contributed by atoms with Gasteiger partial charge in [0.1, 0.15) is 5.75 Å². The highest BCUT2D eigenvalue weighted by Crippen LogP contribution is 2.25. The summed E-state index contributed by atoms with van der Waals surface area (Å²) in [6.45, 7) is 5.50. The minimum Gasteiger partial charge on any atom is -0.508 e. The molecule has 104 valence electrons. The predicted octanol–water partition coefficient (Wildman–Crippen LogP) is 4.22. The number of phenols is 1. The number of amides is 1. The van der Waals surface area contributed by atoms with Crippen molar-refractivity contribution in [2.75, 3.05) is 5.32 Å². The second-order valence-corrected chi connectivity index (χ2v) is 5.36. The van der Waals surface area contributed by atoms with E-state index in [1.54, 1.807) is 37.3 Å². The number of anilines is 1. The first-order chi connectivity index (χ1) is 9.36. The van der Waals surface area contributed by atoms with E-state index in [9.17, 15) is 9.90 Å². The molecule has 0 heterocycles. The zero-order valence-corrected chi connectivity index (χ0v) is 12.4. The molecule has 0 aliphatic rings. The Morgan fingerprint density at radius 3 is 2.40 bits per heavy atom. The summed E-state index contributed by atoms with van der Waals surface area (Å²) in [5.74, 6) is 0.00267. The molecular weight excluding hydrogens is 274 g/mol. The Hall–Kier alpha value is -2.00. The van der Waals surface area contributed by atoms with Crippen molar-refractivity contribution in [2.24, 2.45) is 0 Å². The fraction of sp³-hybridized carbons (Fsp3) is 0.188. The monoisotopic (exact) mass is 289 g/mol. The van der Waals surface area contributed by atoms with Gasteiger partial charge in [-0.05, 0) is 67.8 Å². The molecule has 20 heavy (non-hydrogen) atoms. The molecule has 0 aliphatic heterocycles. The summed E-state index contributed by atoms with van der Waals surface area (Å²) >= 11 is 5.96. The van der Waals surface area contributed by atoms with Gasteiger partial charge in [0.25, 0.3) is 5.91 Å². The van der Waals surface area contributed by atoms with Gasteiger partial charge in [-0.25, -0.2) is 0 Å². The van der Waals surface area contributed by atoms with Gasteiger partial charge in [0.05, 0.1) is 0 Å². The van der Waals surface area contributed by atoms with Gasteiger partial charge >= 0.3 is 0 Å². The van der Waals surface area contributed by atoms with Crippen molar-refractivity contribution >= 4 is 23.2 Å². The van der Waals surface area contributed by atoms with Crippen LogP contribution in [0.15, 0.2) is 30.3 Å². The molecule has 4 heteroatoms. The van der Waals surface area contributed by atoms with Crippen molar-refractivity contribution in [3.05, 3.63) is 57.6 Å². The number of nitrogens with one attached hydrogen (secondary N) is 1. The van der Waals surface area contributed by atoms with E-state index >= 15 is 0 Å². The number of phenolic OH excluding ortho intramolecular Hbond substituents is 1. The van der Waals surface area contributed by atoms with Crippen LogP contribution in [-0.2, 0) is 0 Å². The minimum atomic E-state index is -0.219. The number of aromatic hydroxyl groups is 1. The predicted molar refractivity (Wildman–Crippen MR) is 81.7 cm³/mol. The van der Waals surface area contributed by atoms with Crippen LogP contribution >= 0.6 is 11.6 Å². The largest absolute Gasteiger partial charge is 0.508 e. The SMILES string of the molecule is Cc1cc(Cl)cc(C(=O)Nc2cc(C)c(O)cc2C)c1. The lowest BCUT2D eigenvalue weighted by atomic mass is 10.1. The van der Waals surface area contributed by atoms with Gasteiger partial charge < -0.3 is 10.4 Å². The standard InChI is InChI=1S/C16H16ClNO2/c1-9-4-12(8-13(17)5-9)16(20)18-14-6-11(3)15(19)7-10(14)2/h4-8,19H,1-3H3,(H,18,20). The third-order valence-corrected chi connectivity index (χ3v) is 3.31. The molecule has 0 radical (unpaired) electrons.